The smallest absolute Gasteiger partial charge is 0.189 e. The van der Waals surface area contributed by atoms with Gasteiger partial charge in [-0.05, 0) is 49.2 Å². The van der Waals surface area contributed by atoms with Gasteiger partial charge in [0.2, 0.25) is 0 Å². The van der Waals surface area contributed by atoms with Crippen LogP contribution in [0.4, 0.5) is 8.78 Å². The van der Waals surface area contributed by atoms with Gasteiger partial charge in [-0.2, -0.15) is 5.26 Å². The molecule has 30 heavy (non-hydrogen) atoms. The van der Waals surface area contributed by atoms with Crippen molar-refractivity contribution in [3.05, 3.63) is 58.6 Å². The number of nitriles is 1. The third-order valence-corrected chi connectivity index (χ3v) is 8.70. The number of ether oxygens (including phenoxy) is 2. The van der Waals surface area contributed by atoms with Crippen LogP contribution in [0.1, 0.15) is 24.8 Å². The maximum absolute atomic E-state index is 15.1. The van der Waals surface area contributed by atoms with Crippen molar-refractivity contribution < 1.29 is 26.7 Å². The van der Waals surface area contributed by atoms with Crippen LogP contribution >= 0.6 is 11.6 Å². The number of benzene rings is 2. The Bertz CT molecular complexity index is 1120. The van der Waals surface area contributed by atoms with Crippen LogP contribution in [-0.2, 0) is 19.3 Å². The van der Waals surface area contributed by atoms with Crippen molar-refractivity contribution in [2.75, 3.05) is 13.2 Å². The van der Waals surface area contributed by atoms with Gasteiger partial charge in [0, 0.05) is 24.0 Å². The molecule has 2 heterocycles. The highest BCUT2D eigenvalue weighted by molar-refractivity contribution is 7.92. The van der Waals surface area contributed by atoms with Crippen molar-refractivity contribution in [2.24, 2.45) is 5.92 Å². The molecule has 0 unspecified atom stereocenters. The van der Waals surface area contributed by atoms with E-state index < -0.39 is 38.2 Å². The van der Waals surface area contributed by atoms with Crippen molar-refractivity contribution in [1.82, 2.24) is 0 Å². The minimum atomic E-state index is -4.22. The first-order valence-corrected chi connectivity index (χ1v) is 11.3. The zero-order chi connectivity index (χ0) is 21.5. The molecule has 1 saturated heterocycles. The molecule has 4 rings (SSSR count). The zero-order valence-electron chi connectivity index (χ0n) is 15.8. The fraction of sp³-hybridized carbons (Fsp3) is 0.381. The second kappa shape index (κ2) is 7.80. The molecule has 9 heteroatoms. The summed E-state index contributed by atoms with van der Waals surface area (Å²) < 4.78 is 67.2. The second-order valence-corrected chi connectivity index (χ2v) is 10.00. The maximum Gasteiger partial charge on any atom is 0.189 e. The Morgan fingerprint density at radius 1 is 1.17 bits per heavy atom. The monoisotopic (exact) mass is 453 g/mol. The normalized spacial score (nSPS) is 25.5. The van der Waals surface area contributed by atoms with Crippen LogP contribution < -0.4 is 4.74 Å². The summed E-state index contributed by atoms with van der Waals surface area (Å²) in [6.45, 7) is -0.148. The molecular weight excluding hydrogens is 436 g/mol. The van der Waals surface area contributed by atoms with E-state index in [2.05, 4.69) is 0 Å². The van der Waals surface area contributed by atoms with Crippen LogP contribution in [-0.4, -0.2) is 27.7 Å². The molecule has 0 aromatic heterocycles. The molecule has 1 fully saturated rings. The average molecular weight is 454 g/mol. The number of fused-ring (bicyclic) bond motifs is 3. The summed E-state index contributed by atoms with van der Waals surface area (Å²) >= 11 is 5.92. The van der Waals surface area contributed by atoms with E-state index in [0.717, 1.165) is 12.1 Å². The van der Waals surface area contributed by atoms with Crippen molar-refractivity contribution in [2.45, 2.75) is 35.0 Å². The molecule has 0 bridgehead atoms. The summed E-state index contributed by atoms with van der Waals surface area (Å²) in [5, 5.41) is 9.34. The minimum absolute atomic E-state index is 0.0226. The van der Waals surface area contributed by atoms with Gasteiger partial charge in [-0.25, -0.2) is 17.2 Å². The third kappa shape index (κ3) is 3.08. The fourth-order valence-corrected chi connectivity index (χ4v) is 7.01. The van der Waals surface area contributed by atoms with Gasteiger partial charge < -0.3 is 9.47 Å². The van der Waals surface area contributed by atoms with E-state index in [1.165, 1.54) is 24.3 Å². The summed E-state index contributed by atoms with van der Waals surface area (Å²) in [7, 11) is -4.22. The highest BCUT2D eigenvalue weighted by Gasteiger charge is 2.61. The molecule has 2 aromatic rings. The zero-order valence-corrected chi connectivity index (χ0v) is 17.3. The molecule has 3 atom stereocenters. The van der Waals surface area contributed by atoms with Crippen molar-refractivity contribution >= 4 is 21.4 Å². The van der Waals surface area contributed by atoms with Gasteiger partial charge in [-0.1, -0.05) is 11.6 Å². The Hall–Kier alpha value is -2.21. The van der Waals surface area contributed by atoms with Crippen molar-refractivity contribution in [3.63, 3.8) is 0 Å². The van der Waals surface area contributed by atoms with Crippen LogP contribution in [0.3, 0.4) is 0 Å². The molecular formula is C21H18ClF2NO4S. The fourth-order valence-electron chi connectivity index (χ4n) is 4.54. The standard InChI is InChI=1S/C21H18ClF2NO4S/c22-13-3-5-14(6-4-13)30(26,27)21-9-11-28-18(2-1-10-25)15(21)12-29-20-17(24)8-7-16(23)19(20)21/h3-8,15,18H,1-2,9,11-12H2/t15-,18-,21-/m0/s1. The van der Waals surface area contributed by atoms with E-state index in [1.54, 1.807) is 0 Å². The van der Waals surface area contributed by atoms with E-state index in [1.807, 2.05) is 6.07 Å². The van der Waals surface area contributed by atoms with Crippen LogP contribution in [0.25, 0.3) is 0 Å². The molecule has 5 nitrogen and oxygen atoms in total. The quantitative estimate of drug-likeness (QED) is 0.686. The number of nitrogens with zero attached hydrogens (tertiary/aromatic N) is 1. The van der Waals surface area contributed by atoms with Gasteiger partial charge in [0.15, 0.2) is 21.4 Å². The lowest BCUT2D eigenvalue weighted by Crippen LogP contribution is -2.57. The molecule has 2 aliphatic heterocycles. The molecule has 0 spiro atoms. The summed E-state index contributed by atoms with van der Waals surface area (Å²) in [4.78, 5) is -0.0469. The molecule has 2 aromatic carbocycles. The number of rotatable bonds is 4. The Labute approximate surface area is 178 Å². The second-order valence-electron chi connectivity index (χ2n) is 7.35. The topological polar surface area (TPSA) is 76.4 Å². The molecule has 0 radical (unpaired) electrons. The first-order chi connectivity index (χ1) is 14.3. The highest BCUT2D eigenvalue weighted by Crippen LogP contribution is 2.55. The largest absolute Gasteiger partial charge is 0.490 e. The Morgan fingerprint density at radius 3 is 2.57 bits per heavy atom. The summed E-state index contributed by atoms with van der Waals surface area (Å²) in [5.41, 5.74) is -0.307. The molecule has 0 aliphatic carbocycles. The Kier molecular flexibility index (Phi) is 5.47. The van der Waals surface area contributed by atoms with E-state index in [0.29, 0.717) is 5.02 Å². The molecule has 0 N–H and O–H groups in total. The van der Waals surface area contributed by atoms with Crippen LogP contribution in [0.2, 0.25) is 5.02 Å². The SMILES string of the molecule is N#CCC[C@@H]1OCC[C@@]2(S(=O)(=O)c3ccc(Cl)cc3)c3c(F)ccc(F)c3OC[C@@H]12. The third-order valence-electron chi connectivity index (χ3n) is 5.89. The van der Waals surface area contributed by atoms with Gasteiger partial charge in [0.25, 0.3) is 0 Å². The molecule has 158 valence electrons. The number of sulfone groups is 1. The first kappa shape index (κ1) is 21.0. The predicted molar refractivity (Wildman–Crippen MR) is 105 cm³/mol. The molecule has 2 aliphatic rings. The van der Waals surface area contributed by atoms with Gasteiger partial charge in [-0.15, -0.1) is 0 Å². The van der Waals surface area contributed by atoms with E-state index in [4.69, 9.17) is 26.3 Å². The van der Waals surface area contributed by atoms with Crippen LogP contribution in [0, 0.1) is 28.9 Å². The lowest BCUT2D eigenvalue weighted by molar-refractivity contribution is -0.0751. The average Bonchev–Trinajstić information content (AvgIpc) is 2.74. The van der Waals surface area contributed by atoms with E-state index in [-0.39, 0.29) is 48.7 Å². The summed E-state index contributed by atoms with van der Waals surface area (Å²) in [6.07, 6.45) is -0.329. The van der Waals surface area contributed by atoms with Crippen LogP contribution in [0.5, 0.6) is 5.75 Å². The summed E-state index contributed by atoms with van der Waals surface area (Å²) in [6, 6.07) is 9.45. The summed E-state index contributed by atoms with van der Waals surface area (Å²) in [5.74, 6) is -2.88. The maximum atomic E-state index is 15.1. The molecule has 0 saturated carbocycles. The van der Waals surface area contributed by atoms with E-state index >= 15 is 4.39 Å². The van der Waals surface area contributed by atoms with Gasteiger partial charge in [0.1, 0.15) is 10.6 Å². The highest BCUT2D eigenvalue weighted by atomic mass is 35.5. The minimum Gasteiger partial charge on any atom is -0.490 e. The van der Waals surface area contributed by atoms with Crippen LogP contribution in [0.15, 0.2) is 41.3 Å². The molecule has 0 amide bonds. The lowest BCUT2D eigenvalue weighted by Gasteiger charge is -2.50. The van der Waals surface area contributed by atoms with Crippen molar-refractivity contribution in [3.8, 4) is 11.8 Å². The first-order valence-electron chi connectivity index (χ1n) is 9.43. The van der Waals surface area contributed by atoms with E-state index in [9.17, 15) is 12.8 Å². The number of hydrogen-bond donors (Lipinski definition) is 0. The van der Waals surface area contributed by atoms with Gasteiger partial charge in [-0.3, -0.25) is 0 Å². The number of halogens is 3. The Morgan fingerprint density at radius 2 is 1.87 bits per heavy atom. The van der Waals surface area contributed by atoms with Gasteiger partial charge >= 0.3 is 0 Å². The van der Waals surface area contributed by atoms with Crippen molar-refractivity contribution in [1.29, 1.82) is 5.26 Å². The number of hydrogen-bond acceptors (Lipinski definition) is 5. The lowest BCUT2D eigenvalue weighted by atomic mass is 9.75. The van der Waals surface area contributed by atoms with Gasteiger partial charge in [0.05, 0.1) is 29.2 Å². The predicted octanol–water partition coefficient (Wildman–Crippen LogP) is 4.39. The Balaban J connectivity index is 1.99.